The zero-order valence-electron chi connectivity index (χ0n) is 6.16. The van der Waals surface area contributed by atoms with Gasteiger partial charge in [-0.15, -0.1) is 0 Å². The van der Waals surface area contributed by atoms with Crippen molar-refractivity contribution in [1.82, 2.24) is 4.89 Å². The van der Waals surface area contributed by atoms with Gasteiger partial charge in [-0.2, -0.15) is 0 Å². The van der Waals surface area contributed by atoms with Crippen molar-refractivity contribution in [3.63, 3.8) is 0 Å². The minimum absolute atomic E-state index is 0.109. The highest BCUT2D eigenvalue weighted by Crippen LogP contribution is 2.28. The predicted molar refractivity (Wildman–Crippen MR) is 48.6 cm³/mol. The molecular weight excluding hydrogens is 237 g/mol. The molecule has 13 heavy (non-hydrogen) atoms. The molecule has 0 spiro atoms. The highest BCUT2D eigenvalue weighted by Gasteiger charge is 2.17. The third-order valence-electron chi connectivity index (χ3n) is 1.33. The Morgan fingerprint density at radius 3 is 2.46 bits per heavy atom. The van der Waals surface area contributed by atoms with Crippen LogP contribution in [-0.4, -0.2) is 13.6 Å². The molecule has 2 N–H and O–H groups in total. The lowest BCUT2D eigenvalue weighted by Crippen LogP contribution is -2.19. The van der Waals surface area contributed by atoms with Crippen molar-refractivity contribution < 1.29 is 13.6 Å². The Bertz CT molecular complexity index is 418. The first-order valence-corrected chi connectivity index (χ1v) is 5.33. The summed E-state index contributed by atoms with van der Waals surface area (Å²) in [6.45, 7) is 0. The fourth-order valence-corrected chi connectivity index (χ4v) is 2.10. The lowest BCUT2D eigenvalue weighted by Gasteiger charge is -2.04. The van der Waals surface area contributed by atoms with E-state index >= 15 is 0 Å². The number of hydrogen-bond acceptors (Lipinski definition) is 3. The molecule has 0 fully saturated rings. The Morgan fingerprint density at radius 2 is 1.92 bits per heavy atom. The first-order valence-electron chi connectivity index (χ1n) is 3.09. The standard InChI is InChI=1S/C6H5Cl2NO3S/c7-4-2-1-3-5(6(4)8)13(11,12)9-10/h1-3,9-10H. The van der Waals surface area contributed by atoms with E-state index in [9.17, 15) is 8.42 Å². The second kappa shape index (κ2) is 3.81. The third kappa shape index (κ3) is 2.12. The van der Waals surface area contributed by atoms with E-state index in [1.54, 1.807) is 0 Å². The van der Waals surface area contributed by atoms with Gasteiger partial charge in [0.15, 0.2) is 0 Å². The first kappa shape index (κ1) is 10.7. The summed E-state index contributed by atoms with van der Waals surface area (Å²) in [7, 11) is -3.96. The molecule has 1 aromatic rings. The van der Waals surface area contributed by atoms with Gasteiger partial charge in [0.05, 0.1) is 10.0 Å². The minimum atomic E-state index is -3.96. The molecule has 0 saturated carbocycles. The average molecular weight is 242 g/mol. The van der Waals surface area contributed by atoms with E-state index in [0.29, 0.717) is 0 Å². The van der Waals surface area contributed by atoms with E-state index in [-0.39, 0.29) is 14.9 Å². The van der Waals surface area contributed by atoms with Gasteiger partial charge in [0.1, 0.15) is 4.90 Å². The van der Waals surface area contributed by atoms with Crippen LogP contribution in [0.15, 0.2) is 23.1 Å². The molecule has 0 atom stereocenters. The van der Waals surface area contributed by atoms with Crippen LogP contribution in [0.4, 0.5) is 0 Å². The predicted octanol–water partition coefficient (Wildman–Crippen LogP) is 1.66. The molecule has 7 heteroatoms. The number of hydrogen-bond donors (Lipinski definition) is 2. The summed E-state index contributed by atoms with van der Waals surface area (Å²) in [5.41, 5.74) is 0. The van der Waals surface area contributed by atoms with Crippen molar-refractivity contribution in [2.24, 2.45) is 0 Å². The number of benzene rings is 1. The quantitative estimate of drug-likeness (QED) is 0.775. The Labute approximate surface area is 85.1 Å². The van der Waals surface area contributed by atoms with Gasteiger partial charge in [-0.25, -0.2) is 8.42 Å². The molecular formula is C6H5Cl2NO3S. The monoisotopic (exact) mass is 241 g/mol. The lowest BCUT2D eigenvalue weighted by molar-refractivity contribution is 0.242. The van der Waals surface area contributed by atoms with Crippen LogP contribution >= 0.6 is 23.2 Å². The zero-order valence-corrected chi connectivity index (χ0v) is 8.49. The van der Waals surface area contributed by atoms with Gasteiger partial charge in [-0.1, -0.05) is 34.2 Å². The molecule has 0 saturated heterocycles. The largest absolute Gasteiger partial charge is 0.302 e. The third-order valence-corrected chi connectivity index (χ3v) is 3.42. The molecule has 0 bridgehead atoms. The number of halogens is 2. The van der Waals surface area contributed by atoms with E-state index in [0.717, 1.165) is 4.89 Å². The molecule has 0 radical (unpaired) electrons. The highest BCUT2D eigenvalue weighted by atomic mass is 35.5. The maximum Gasteiger partial charge on any atom is 0.263 e. The van der Waals surface area contributed by atoms with Crippen molar-refractivity contribution >= 4 is 33.2 Å². The van der Waals surface area contributed by atoms with Gasteiger partial charge >= 0.3 is 0 Å². The second-order valence-electron chi connectivity index (χ2n) is 2.15. The van der Waals surface area contributed by atoms with Crippen LogP contribution in [0.5, 0.6) is 0 Å². The van der Waals surface area contributed by atoms with Gasteiger partial charge in [0, 0.05) is 0 Å². The molecule has 0 heterocycles. The van der Waals surface area contributed by atoms with Gasteiger partial charge in [-0.3, -0.25) is 0 Å². The van der Waals surface area contributed by atoms with Crippen LogP contribution in [0, 0.1) is 0 Å². The molecule has 72 valence electrons. The summed E-state index contributed by atoms with van der Waals surface area (Å²) in [5, 5.41) is 8.31. The summed E-state index contributed by atoms with van der Waals surface area (Å²) >= 11 is 11.2. The number of sulfonamides is 1. The maximum absolute atomic E-state index is 11.1. The normalized spacial score (nSPS) is 11.6. The molecule has 4 nitrogen and oxygen atoms in total. The molecule has 1 rings (SSSR count). The number of nitrogens with one attached hydrogen (secondary N) is 1. The van der Waals surface area contributed by atoms with Crippen LogP contribution in [0.25, 0.3) is 0 Å². The zero-order chi connectivity index (χ0) is 10.1. The Hall–Kier alpha value is -0.330. The van der Waals surface area contributed by atoms with Crippen LogP contribution in [0.1, 0.15) is 0 Å². The summed E-state index contributed by atoms with van der Waals surface area (Å²) in [4.78, 5) is 0.895. The van der Waals surface area contributed by atoms with Crippen molar-refractivity contribution in [3.8, 4) is 0 Å². The summed E-state index contributed by atoms with van der Waals surface area (Å²) in [6, 6.07) is 4.09. The molecule has 0 aliphatic rings. The first-order chi connectivity index (χ1) is 5.99. The topological polar surface area (TPSA) is 66.4 Å². The molecule has 0 aliphatic heterocycles. The van der Waals surface area contributed by atoms with E-state index in [2.05, 4.69) is 0 Å². The Morgan fingerprint density at radius 1 is 1.31 bits per heavy atom. The van der Waals surface area contributed by atoms with Gasteiger partial charge in [-0.05, 0) is 12.1 Å². The fraction of sp³-hybridized carbons (Fsp3) is 0. The molecule has 0 amide bonds. The van der Waals surface area contributed by atoms with Crippen LogP contribution < -0.4 is 4.89 Å². The van der Waals surface area contributed by atoms with E-state index < -0.39 is 10.0 Å². The Kier molecular flexibility index (Phi) is 3.15. The van der Waals surface area contributed by atoms with Crippen LogP contribution in [0.3, 0.4) is 0 Å². The SMILES string of the molecule is O=S(=O)(NO)c1cccc(Cl)c1Cl. The second-order valence-corrected chi connectivity index (χ2v) is 4.56. The number of rotatable bonds is 2. The van der Waals surface area contributed by atoms with Crippen molar-refractivity contribution in [2.45, 2.75) is 4.90 Å². The molecule has 0 unspecified atom stereocenters. The van der Waals surface area contributed by atoms with Crippen LogP contribution in [0.2, 0.25) is 10.0 Å². The fourth-order valence-electron chi connectivity index (χ4n) is 0.741. The van der Waals surface area contributed by atoms with Crippen molar-refractivity contribution in [1.29, 1.82) is 0 Å². The van der Waals surface area contributed by atoms with E-state index in [1.165, 1.54) is 18.2 Å². The average Bonchev–Trinajstić information content (AvgIpc) is 2.09. The lowest BCUT2D eigenvalue weighted by atomic mass is 10.4. The minimum Gasteiger partial charge on any atom is -0.302 e. The van der Waals surface area contributed by atoms with E-state index in [1.807, 2.05) is 0 Å². The highest BCUT2D eigenvalue weighted by molar-refractivity contribution is 7.89. The summed E-state index contributed by atoms with van der Waals surface area (Å²) in [5.74, 6) is 0. The van der Waals surface area contributed by atoms with E-state index in [4.69, 9.17) is 28.4 Å². The maximum atomic E-state index is 11.1. The molecule has 1 aromatic carbocycles. The van der Waals surface area contributed by atoms with Crippen molar-refractivity contribution in [3.05, 3.63) is 28.2 Å². The molecule has 0 aromatic heterocycles. The smallest absolute Gasteiger partial charge is 0.263 e. The van der Waals surface area contributed by atoms with Crippen molar-refractivity contribution in [2.75, 3.05) is 0 Å². The molecule has 0 aliphatic carbocycles. The Balaban J connectivity index is 3.40. The van der Waals surface area contributed by atoms with Gasteiger partial charge < -0.3 is 5.21 Å². The summed E-state index contributed by atoms with van der Waals surface area (Å²) < 4.78 is 22.1. The van der Waals surface area contributed by atoms with Gasteiger partial charge in [0.2, 0.25) is 0 Å². The van der Waals surface area contributed by atoms with Crippen LogP contribution in [-0.2, 0) is 10.0 Å². The summed E-state index contributed by atoms with van der Waals surface area (Å²) in [6.07, 6.45) is 0. The van der Waals surface area contributed by atoms with Gasteiger partial charge in [0.25, 0.3) is 10.0 Å².